The van der Waals surface area contributed by atoms with Crippen molar-refractivity contribution in [2.45, 2.75) is 20.3 Å². The van der Waals surface area contributed by atoms with Crippen LogP contribution < -0.4 is 14.8 Å². The first kappa shape index (κ1) is 19.3. The lowest BCUT2D eigenvalue weighted by molar-refractivity contribution is -0.146. The quantitative estimate of drug-likeness (QED) is 0.731. The summed E-state index contributed by atoms with van der Waals surface area (Å²) in [6.45, 7) is 4.08. The molecule has 0 atom stereocenters. The van der Waals surface area contributed by atoms with Gasteiger partial charge in [0.15, 0.2) is 6.61 Å². The molecule has 1 N–H and O–H groups in total. The number of amides is 1. The minimum Gasteiger partial charge on any atom is -0.495 e. The Morgan fingerprint density at radius 3 is 2.46 bits per heavy atom. The summed E-state index contributed by atoms with van der Waals surface area (Å²) in [5, 5.41) is 2.83. The van der Waals surface area contributed by atoms with E-state index < -0.39 is 5.97 Å². The molecule has 0 aromatic heterocycles. The Morgan fingerprint density at radius 2 is 1.81 bits per heavy atom. The Kier molecular flexibility index (Phi) is 7.02. The van der Waals surface area contributed by atoms with E-state index in [1.54, 1.807) is 37.4 Å². The summed E-state index contributed by atoms with van der Waals surface area (Å²) < 4.78 is 15.5. The summed E-state index contributed by atoms with van der Waals surface area (Å²) in [5.41, 5.74) is 2.09. The second-order valence-corrected chi connectivity index (χ2v) is 5.69. The molecule has 2 rings (SSSR count). The summed E-state index contributed by atoms with van der Waals surface area (Å²) in [4.78, 5) is 23.8. The predicted octanol–water partition coefficient (Wildman–Crippen LogP) is 3.59. The molecule has 0 saturated heterocycles. The Bertz CT molecular complexity index is 755. The summed E-state index contributed by atoms with van der Waals surface area (Å²) in [6.07, 6.45) is 0.765. The van der Waals surface area contributed by atoms with E-state index in [0.717, 1.165) is 12.0 Å². The van der Waals surface area contributed by atoms with Gasteiger partial charge in [-0.2, -0.15) is 0 Å². The molecular weight excluding hydrogens is 334 g/mol. The fourth-order valence-corrected chi connectivity index (χ4v) is 2.22. The fourth-order valence-electron chi connectivity index (χ4n) is 2.22. The van der Waals surface area contributed by atoms with Crippen LogP contribution in [0.3, 0.4) is 0 Å². The first-order valence-corrected chi connectivity index (χ1v) is 8.38. The second kappa shape index (κ2) is 9.46. The van der Waals surface area contributed by atoms with Crippen molar-refractivity contribution in [2.24, 2.45) is 0 Å². The molecule has 0 bridgehead atoms. The van der Waals surface area contributed by atoms with Crippen molar-refractivity contribution >= 4 is 17.6 Å². The molecule has 0 saturated carbocycles. The van der Waals surface area contributed by atoms with Crippen LogP contribution in [-0.2, 0) is 9.53 Å². The van der Waals surface area contributed by atoms with Crippen LogP contribution in [0.15, 0.2) is 42.5 Å². The fraction of sp³-hybridized carbons (Fsp3) is 0.300. The third-order valence-electron chi connectivity index (χ3n) is 3.54. The second-order valence-electron chi connectivity index (χ2n) is 5.69. The number of hydrogen-bond acceptors (Lipinski definition) is 5. The summed E-state index contributed by atoms with van der Waals surface area (Å²) in [6, 6.07) is 12.1. The number of rotatable bonds is 8. The molecule has 0 aliphatic rings. The van der Waals surface area contributed by atoms with Crippen LogP contribution in [-0.4, -0.2) is 32.2 Å². The van der Waals surface area contributed by atoms with Crippen LogP contribution >= 0.6 is 0 Å². The van der Waals surface area contributed by atoms with Gasteiger partial charge in [0.05, 0.1) is 19.4 Å². The number of carbonyl (C=O) groups excluding carboxylic acids is 2. The van der Waals surface area contributed by atoms with Crippen LogP contribution in [0, 0.1) is 6.92 Å². The molecule has 0 aliphatic carbocycles. The van der Waals surface area contributed by atoms with Gasteiger partial charge < -0.3 is 19.5 Å². The van der Waals surface area contributed by atoms with Crippen LogP contribution in [0.4, 0.5) is 5.69 Å². The molecule has 0 fully saturated rings. The van der Waals surface area contributed by atoms with E-state index in [-0.39, 0.29) is 12.5 Å². The van der Waals surface area contributed by atoms with Crippen molar-refractivity contribution in [2.75, 3.05) is 25.6 Å². The number of carbonyl (C=O) groups is 2. The van der Waals surface area contributed by atoms with Crippen molar-refractivity contribution in [1.29, 1.82) is 0 Å². The molecule has 2 aromatic carbocycles. The van der Waals surface area contributed by atoms with E-state index in [2.05, 4.69) is 5.32 Å². The minimum absolute atomic E-state index is 0.161. The minimum atomic E-state index is -0.416. The number of esters is 1. The number of methoxy groups -OCH3 is 1. The normalized spacial score (nSPS) is 10.1. The Morgan fingerprint density at radius 1 is 1.08 bits per heavy atom. The highest BCUT2D eigenvalue weighted by Gasteiger charge is 2.11. The topological polar surface area (TPSA) is 73.9 Å². The van der Waals surface area contributed by atoms with Gasteiger partial charge in [0.25, 0.3) is 5.91 Å². The van der Waals surface area contributed by atoms with Crippen LogP contribution in [0.25, 0.3) is 0 Å². The first-order valence-electron chi connectivity index (χ1n) is 8.38. The average molecular weight is 357 g/mol. The molecule has 6 nitrogen and oxygen atoms in total. The van der Waals surface area contributed by atoms with Crippen molar-refractivity contribution in [3.63, 3.8) is 0 Å². The molecular formula is C20H23NO5. The van der Waals surface area contributed by atoms with E-state index in [1.165, 1.54) is 0 Å². The highest BCUT2D eigenvalue weighted by Crippen LogP contribution is 2.26. The lowest BCUT2D eigenvalue weighted by Gasteiger charge is -2.11. The molecule has 0 aliphatic heterocycles. The van der Waals surface area contributed by atoms with Gasteiger partial charge in [0, 0.05) is 5.56 Å². The highest BCUT2D eigenvalue weighted by molar-refractivity contribution is 6.05. The van der Waals surface area contributed by atoms with Gasteiger partial charge >= 0.3 is 5.97 Å². The van der Waals surface area contributed by atoms with Gasteiger partial charge in [0.2, 0.25) is 0 Å². The monoisotopic (exact) mass is 357 g/mol. The standard InChI is InChI=1S/C20H23NO5/c1-4-11-25-19(22)13-26-16-8-6-15(7-9-16)20(23)21-17-12-14(2)5-10-18(17)24-3/h5-10,12H,4,11,13H2,1-3H3,(H,21,23). The Hall–Kier alpha value is -3.02. The summed E-state index contributed by atoms with van der Waals surface area (Å²) >= 11 is 0. The van der Waals surface area contributed by atoms with E-state index in [4.69, 9.17) is 14.2 Å². The van der Waals surface area contributed by atoms with Gasteiger partial charge in [-0.25, -0.2) is 4.79 Å². The number of benzene rings is 2. The highest BCUT2D eigenvalue weighted by atomic mass is 16.6. The number of aryl methyl sites for hydroxylation is 1. The van der Waals surface area contributed by atoms with Crippen molar-refractivity contribution in [3.05, 3.63) is 53.6 Å². The van der Waals surface area contributed by atoms with Gasteiger partial charge in [-0.05, 0) is 55.3 Å². The van der Waals surface area contributed by atoms with E-state index in [9.17, 15) is 9.59 Å². The summed E-state index contributed by atoms with van der Waals surface area (Å²) in [5.74, 6) is 0.403. The predicted molar refractivity (Wildman–Crippen MR) is 98.9 cm³/mol. The van der Waals surface area contributed by atoms with Gasteiger partial charge in [0.1, 0.15) is 11.5 Å². The lowest BCUT2D eigenvalue weighted by Crippen LogP contribution is -2.15. The third kappa shape index (κ3) is 5.51. The zero-order chi connectivity index (χ0) is 18.9. The molecule has 138 valence electrons. The largest absolute Gasteiger partial charge is 0.495 e. The Labute approximate surface area is 153 Å². The van der Waals surface area contributed by atoms with Crippen molar-refractivity contribution in [3.8, 4) is 11.5 Å². The lowest BCUT2D eigenvalue weighted by atomic mass is 10.1. The maximum atomic E-state index is 12.4. The van der Waals surface area contributed by atoms with Crippen molar-refractivity contribution in [1.82, 2.24) is 0 Å². The van der Waals surface area contributed by atoms with E-state index in [0.29, 0.717) is 29.4 Å². The smallest absolute Gasteiger partial charge is 0.344 e. The van der Waals surface area contributed by atoms with Gasteiger partial charge in [-0.15, -0.1) is 0 Å². The maximum absolute atomic E-state index is 12.4. The number of nitrogens with one attached hydrogen (secondary N) is 1. The third-order valence-corrected chi connectivity index (χ3v) is 3.54. The first-order chi connectivity index (χ1) is 12.5. The zero-order valence-electron chi connectivity index (χ0n) is 15.2. The maximum Gasteiger partial charge on any atom is 0.344 e. The zero-order valence-corrected chi connectivity index (χ0v) is 15.2. The number of anilines is 1. The molecule has 1 amide bonds. The number of ether oxygens (including phenoxy) is 3. The number of hydrogen-bond donors (Lipinski definition) is 1. The molecule has 6 heteroatoms. The van der Waals surface area contributed by atoms with Gasteiger partial charge in [-0.3, -0.25) is 4.79 Å². The van der Waals surface area contributed by atoms with Crippen molar-refractivity contribution < 1.29 is 23.8 Å². The molecule has 26 heavy (non-hydrogen) atoms. The molecule has 0 heterocycles. The average Bonchev–Trinajstić information content (AvgIpc) is 2.65. The van der Waals surface area contributed by atoms with E-state index in [1.807, 2.05) is 26.0 Å². The SMILES string of the molecule is CCCOC(=O)COc1ccc(C(=O)Nc2cc(C)ccc2OC)cc1. The molecule has 0 spiro atoms. The van der Waals surface area contributed by atoms with Crippen LogP contribution in [0.2, 0.25) is 0 Å². The van der Waals surface area contributed by atoms with Gasteiger partial charge in [-0.1, -0.05) is 13.0 Å². The molecule has 2 aromatic rings. The van der Waals surface area contributed by atoms with Crippen LogP contribution in [0.5, 0.6) is 11.5 Å². The molecule has 0 unspecified atom stereocenters. The summed E-state index contributed by atoms with van der Waals surface area (Å²) in [7, 11) is 1.55. The van der Waals surface area contributed by atoms with Crippen LogP contribution in [0.1, 0.15) is 29.3 Å². The molecule has 0 radical (unpaired) electrons. The Balaban J connectivity index is 1.96. The van der Waals surface area contributed by atoms with E-state index >= 15 is 0 Å².